The van der Waals surface area contributed by atoms with E-state index < -0.39 is 28.0 Å². The highest BCUT2D eigenvalue weighted by atomic mass is 32.2. The van der Waals surface area contributed by atoms with Crippen LogP contribution in [0.2, 0.25) is 0 Å². The van der Waals surface area contributed by atoms with Gasteiger partial charge in [0.05, 0.1) is 11.5 Å². The van der Waals surface area contributed by atoms with Gasteiger partial charge in [-0.2, -0.15) is 0 Å². The molecule has 1 aliphatic heterocycles. The molecule has 0 saturated carbocycles. The van der Waals surface area contributed by atoms with Crippen LogP contribution in [0, 0.1) is 5.82 Å². The first-order chi connectivity index (χ1) is 11.7. The molecular weight excluding hydrogens is 349 g/mol. The van der Waals surface area contributed by atoms with Gasteiger partial charge in [0.25, 0.3) is 0 Å². The summed E-state index contributed by atoms with van der Waals surface area (Å²) in [5.41, 5.74) is 0.891. The van der Waals surface area contributed by atoms with E-state index in [4.69, 9.17) is 0 Å². The Morgan fingerprint density at radius 3 is 2.56 bits per heavy atom. The molecule has 1 aliphatic rings. The number of halogens is 1. The average molecular weight is 371 g/mol. The Balaban J connectivity index is 1.68. The topological polar surface area (TPSA) is 104 Å². The summed E-state index contributed by atoms with van der Waals surface area (Å²) in [5, 5.41) is 7.73. The van der Waals surface area contributed by atoms with Gasteiger partial charge in [0.2, 0.25) is 5.91 Å². The Labute approximate surface area is 146 Å². The van der Waals surface area contributed by atoms with Crippen molar-refractivity contribution in [3.8, 4) is 0 Å². The van der Waals surface area contributed by atoms with Crippen LogP contribution in [-0.4, -0.2) is 50.5 Å². The first kappa shape index (κ1) is 19.2. The lowest BCUT2D eigenvalue weighted by Crippen LogP contribution is -2.51. The Bertz CT molecular complexity index is 721. The van der Waals surface area contributed by atoms with E-state index in [-0.39, 0.29) is 23.2 Å². The number of hydrogen-bond donors (Lipinski definition) is 3. The molecule has 0 spiro atoms. The summed E-state index contributed by atoms with van der Waals surface area (Å²) in [7, 11) is -3.07. The lowest BCUT2D eigenvalue weighted by Gasteiger charge is -2.17. The van der Waals surface area contributed by atoms with Crippen molar-refractivity contribution >= 4 is 21.8 Å². The summed E-state index contributed by atoms with van der Waals surface area (Å²) in [6, 6.07) is 4.26. The highest BCUT2D eigenvalue weighted by Gasteiger charge is 2.29. The van der Waals surface area contributed by atoms with Gasteiger partial charge < -0.3 is 16.0 Å². The van der Waals surface area contributed by atoms with Gasteiger partial charge in [-0.3, -0.25) is 4.79 Å². The zero-order chi connectivity index (χ0) is 18.4. The van der Waals surface area contributed by atoms with Gasteiger partial charge in [-0.1, -0.05) is 12.1 Å². The van der Waals surface area contributed by atoms with Crippen molar-refractivity contribution in [2.75, 3.05) is 18.1 Å². The van der Waals surface area contributed by atoms with Crippen molar-refractivity contribution in [3.63, 3.8) is 0 Å². The van der Waals surface area contributed by atoms with Gasteiger partial charge in [-0.05, 0) is 37.5 Å². The first-order valence-electron chi connectivity index (χ1n) is 8.05. The lowest BCUT2D eigenvalue weighted by molar-refractivity contribution is -0.122. The van der Waals surface area contributed by atoms with E-state index in [1.807, 2.05) is 0 Å². The fraction of sp³-hybridized carbons (Fsp3) is 0.500. The van der Waals surface area contributed by atoms with Crippen LogP contribution in [0.5, 0.6) is 0 Å². The van der Waals surface area contributed by atoms with Crippen molar-refractivity contribution in [3.05, 3.63) is 35.6 Å². The van der Waals surface area contributed by atoms with Gasteiger partial charge in [-0.15, -0.1) is 0 Å². The van der Waals surface area contributed by atoms with E-state index in [0.717, 1.165) is 5.56 Å². The molecule has 0 radical (unpaired) electrons. The monoisotopic (exact) mass is 371 g/mol. The number of hydrogen-bond acceptors (Lipinski definition) is 4. The van der Waals surface area contributed by atoms with Crippen molar-refractivity contribution in [1.29, 1.82) is 0 Å². The lowest BCUT2D eigenvalue weighted by atomic mass is 10.1. The molecule has 0 aliphatic carbocycles. The highest BCUT2D eigenvalue weighted by molar-refractivity contribution is 7.91. The van der Waals surface area contributed by atoms with Crippen LogP contribution in [0.3, 0.4) is 0 Å². The molecule has 1 fully saturated rings. The number of rotatable bonds is 6. The van der Waals surface area contributed by atoms with E-state index in [9.17, 15) is 22.4 Å². The minimum atomic E-state index is -3.07. The number of nitrogens with one attached hydrogen (secondary N) is 3. The molecular formula is C16H22FN3O4S. The average Bonchev–Trinajstić information content (AvgIpc) is 2.87. The van der Waals surface area contributed by atoms with Gasteiger partial charge >= 0.3 is 6.03 Å². The maximum Gasteiger partial charge on any atom is 0.315 e. The third-order valence-corrected chi connectivity index (χ3v) is 5.70. The van der Waals surface area contributed by atoms with Gasteiger partial charge in [-0.25, -0.2) is 17.6 Å². The van der Waals surface area contributed by atoms with E-state index in [0.29, 0.717) is 19.4 Å². The minimum Gasteiger partial charge on any atom is -0.354 e. The molecule has 0 aromatic heterocycles. The Morgan fingerprint density at radius 1 is 1.28 bits per heavy atom. The molecule has 0 unspecified atom stereocenters. The summed E-state index contributed by atoms with van der Waals surface area (Å²) < 4.78 is 35.5. The Hall–Kier alpha value is -2.16. The second kappa shape index (κ2) is 8.28. The molecule has 2 rings (SSSR count). The molecule has 1 aromatic carbocycles. The van der Waals surface area contributed by atoms with Crippen molar-refractivity contribution in [2.45, 2.75) is 31.8 Å². The number of carbonyl (C=O) groups is 2. The maximum absolute atomic E-state index is 12.8. The fourth-order valence-corrected chi connectivity index (χ4v) is 4.21. The molecule has 2 atom stereocenters. The maximum atomic E-state index is 12.8. The van der Waals surface area contributed by atoms with Gasteiger partial charge in [0.15, 0.2) is 9.84 Å². The Morgan fingerprint density at radius 2 is 1.96 bits per heavy atom. The molecule has 3 amide bonds. The smallest absolute Gasteiger partial charge is 0.315 e. The second-order valence-corrected chi connectivity index (χ2v) is 8.34. The van der Waals surface area contributed by atoms with Crippen LogP contribution >= 0.6 is 0 Å². The zero-order valence-electron chi connectivity index (χ0n) is 13.9. The number of amides is 3. The van der Waals surface area contributed by atoms with E-state index in [1.165, 1.54) is 19.1 Å². The summed E-state index contributed by atoms with van der Waals surface area (Å²) in [5.74, 6) is -0.668. The van der Waals surface area contributed by atoms with Crippen molar-refractivity contribution < 1.29 is 22.4 Å². The Kier molecular flexibility index (Phi) is 6.35. The predicted molar refractivity (Wildman–Crippen MR) is 91.3 cm³/mol. The molecule has 25 heavy (non-hydrogen) atoms. The van der Waals surface area contributed by atoms with E-state index in [2.05, 4.69) is 16.0 Å². The number of sulfone groups is 1. The van der Waals surface area contributed by atoms with E-state index >= 15 is 0 Å². The van der Waals surface area contributed by atoms with Crippen molar-refractivity contribution in [2.24, 2.45) is 0 Å². The molecule has 1 saturated heterocycles. The first-order valence-corrected chi connectivity index (χ1v) is 9.87. The van der Waals surface area contributed by atoms with Crippen LogP contribution in [-0.2, 0) is 21.1 Å². The van der Waals surface area contributed by atoms with Crippen LogP contribution in [0.15, 0.2) is 24.3 Å². The SMILES string of the molecule is C[C@H](NC(=O)N[C@@H]1CCS(=O)(=O)C1)C(=O)NCCc1ccc(F)cc1. The zero-order valence-corrected chi connectivity index (χ0v) is 14.7. The quantitative estimate of drug-likeness (QED) is 0.671. The molecule has 0 bridgehead atoms. The number of carbonyl (C=O) groups excluding carboxylic acids is 2. The molecule has 138 valence electrons. The minimum absolute atomic E-state index is 0.0668. The van der Waals surface area contributed by atoms with Crippen LogP contribution in [0.25, 0.3) is 0 Å². The molecule has 7 nitrogen and oxygen atoms in total. The summed E-state index contributed by atoms with van der Waals surface area (Å²) in [6.07, 6.45) is 0.929. The fourth-order valence-electron chi connectivity index (χ4n) is 2.53. The third kappa shape index (κ3) is 6.33. The van der Waals surface area contributed by atoms with Gasteiger partial charge in [0, 0.05) is 12.6 Å². The van der Waals surface area contributed by atoms with E-state index in [1.54, 1.807) is 12.1 Å². The molecule has 3 N–H and O–H groups in total. The predicted octanol–water partition coefficient (Wildman–Crippen LogP) is 0.359. The van der Waals surface area contributed by atoms with Crippen LogP contribution in [0.4, 0.5) is 9.18 Å². The van der Waals surface area contributed by atoms with Crippen LogP contribution in [0.1, 0.15) is 18.9 Å². The summed E-state index contributed by atoms with van der Waals surface area (Å²) in [4.78, 5) is 23.8. The molecule has 1 aromatic rings. The second-order valence-electron chi connectivity index (χ2n) is 6.11. The molecule has 1 heterocycles. The van der Waals surface area contributed by atoms with Crippen molar-refractivity contribution in [1.82, 2.24) is 16.0 Å². The third-order valence-electron chi connectivity index (χ3n) is 3.93. The summed E-state index contributed by atoms with van der Waals surface area (Å²) >= 11 is 0. The van der Waals surface area contributed by atoms with Crippen LogP contribution < -0.4 is 16.0 Å². The highest BCUT2D eigenvalue weighted by Crippen LogP contribution is 2.10. The largest absolute Gasteiger partial charge is 0.354 e. The molecule has 9 heteroatoms. The van der Waals surface area contributed by atoms with Gasteiger partial charge in [0.1, 0.15) is 11.9 Å². The normalized spacial score (nSPS) is 19.8. The summed E-state index contributed by atoms with van der Waals surface area (Å²) in [6.45, 7) is 1.90. The number of urea groups is 1. The standard InChI is InChI=1S/C16H22FN3O4S/c1-11(19-16(22)20-14-7-9-25(23,24)10-14)15(21)18-8-6-12-2-4-13(17)5-3-12/h2-5,11,14H,6-10H2,1H3,(H,18,21)(H2,19,20,22)/t11-,14+/m0/s1. The number of benzene rings is 1.